The van der Waals surface area contributed by atoms with Crippen LogP contribution in [0.2, 0.25) is 0 Å². The van der Waals surface area contributed by atoms with Gasteiger partial charge in [-0.3, -0.25) is 14.5 Å². The van der Waals surface area contributed by atoms with Gasteiger partial charge in [0, 0.05) is 12.2 Å². The van der Waals surface area contributed by atoms with Crippen LogP contribution in [0.15, 0.2) is 36.4 Å². The third-order valence-electron chi connectivity index (χ3n) is 5.12. The predicted molar refractivity (Wildman–Crippen MR) is 108 cm³/mol. The highest BCUT2D eigenvalue weighted by Gasteiger charge is 2.38. The number of methoxy groups -OCH3 is 2. The topological polar surface area (TPSA) is 108 Å². The first-order valence-corrected chi connectivity index (χ1v) is 9.47. The lowest BCUT2D eigenvalue weighted by Gasteiger charge is -2.18. The van der Waals surface area contributed by atoms with E-state index in [2.05, 4.69) is 5.32 Å². The molecule has 30 heavy (non-hydrogen) atoms. The van der Waals surface area contributed by atoms with Gasteiger partial charge in [0.15, 0.2) is 11.5 Å². The highest BCUT2D eigenvalue weighted by Crippen LogP contribution is 2.28. The minimum atomic E-state index is -1.30. The van der Waals surface area contributed by atoms with Crippen molar-refractivity contribution in [3.8, 4) is 11.5 Å². The summed E-state index contributed by atoms with van der Waals surface area (Å²) in [5, 5.41) is 14.1. The van der Waals surface area contributed by atoms with E-state index >= 15 is 0 Å². The second-order valence-electron chi connectivity index (χ2n) is 7.04. The molecule has 0 aliphatic carbocycles. The number of hydrogen-bond donors (Lipinski definition) is 1. The van der Waals surface area contributed by atoms with Gasteiger partial charge in [0.05, 0.1) is 26.6 Å². The number of carboxylic acid groups (broad SMARTS) is 1. The van der Waals surface area contributed by atoms with Gasteiger partial charge >= 0.3 is 0 Å². The zero-order chi connectivity index (χ0) is 21.8. The molecule has 1 saturated heterocycles. The summed E-state index contributed by atoms with van der Waals surface area (Å²) in [7, 11) is 3.10. The van der Waals surface area contributed by atoms with E-state index < -0.39 is 12.0 Å². The van der Waals surface area contributed by atoms with Crippen LogP contribution in [0.4, 0.5) is 5.69 Å². The van der Waals surface area contributed by atoms with Crippen molar-refractivity contribution >= 4 is 23.5 Å². The van der Waals surface area contributed by atoms with E-state index in [0.717, 1.165) is 11.1 Å². The van der Waals surface area contributed by atoms with E-state index in [-0.39, 0.29) is 30.3 Å². The summed E-state index contributed by atoms with van der Waals surface area (Å²) < 4.78 is 10.5. The van der Waals surface area contributed by atoms with E-state index in [0.29, 0.717) is 23.6 Å². The van der Waals surface area contributed by atoms with E-state index in [1.54, 1.807) is 33.3 Å². The number of amides is 2. The van der Waals surface area contributed by atoms with E-state index in [1.165, 1.54) is 17.0 Å². The lowest BCUT2D eigenvalue weighted by atomic mass is 10.1. The number of nitrogens with one attached hydrogen (secondary N) is 1. The van der Waals surface area contributed by atoms with Crippen molar-refractivity contribution in [2.45, 2.75) is 25.8 Å². The molecule has 0 spiro atoms. The van der Waals surface area contributed by atoms with Gasteiger partial charge in [-0.15, -0.1) is 0 Å². The maximum Gasteiger partial charge on any atom is 0.252 e. The lowest BCUT2D eigenvalue weighted by Crippen LogP contribution is -2.36. The van der Waals surface area contributed by atoms with Gasteiger partial charge in [-0.05, 0) is 48.2 Å². The summed E-state index contributed by atoms with van der Waals surface area (Å²) in [5.41, 5.74) is 2.17. The molecule has 0 radical (unpaired) electrons. The number of ether oxygens (including phenoxy) is 2. The minimum absolute atomic E-state index is 0.00480. The first kappa shape index (κ1) is 21.2. The van der Waals surface area contributed by atoms with Crippen molar-refractivity contribution in [3.05, 3.63) is 53.1 Å². The lowest BCUT2D eigenvalue weighted by molar-refractivity contribution is -0.255. The highest BCUT2D eigenvalue weighted by molar-refractivity contribution is 6.07. The van der Waals surface area contributed by atoms with Crippen LogP contribution in [0.25, 0.3) is 0 Å². The number of aromatic carboxylic acids is 1. The molecule has 8 nitrogen and oxygen atoms in total. The van der Waals surface area contributed by atoms with Crippen molar-refractivity contribution < 1.29 is 29.0 Å². The number of hydrogen-bond acceptors (Lipinski definition) is 7. The molecule has 0 aromatic heterocycles. The van der Waals surface area contributed by atoms with Gasteiger partial charge < -0.3 is 24.7 Å². The Balaban J connectivity index is 1.68. The molecule has 2 aromatic rings. The van der Waals surface area contributed by atoms with Crippen molar-refractivity contribution in [1.82, 2.24) is 4.90 Å². The maximum atomic E-state index is 12.8. The molecule has 1 N–H and O–H groups in total. The molecule has 1 aliphatic heterocycles. The second-order valence-corrected chi connectivity index (χ2v) is 7.04. The second kappa shape index (κ2) is 8.86. The molecule has 2 amide bonds. The molecule has 1 fully saturated rings. The fourth-order valence-electron chi connectivity index (χ4n) is 3.40. The average Bonchev–Trinajstić information content (AvgIpc) is 3.00. The Kier molecular flexibility index (Phi) is 6.25. The number of nitrogens with zero attached hydrogens (tertiary/aromatic N) is 1. The Morgan fingerprint density at radius 2 is 1.87 bits per heavy atom. The van der Waals surface area contributed by atoms with Crippen molar-refractivity contribution in [2.24, 2.45) is 0 Å². The van der Waals surface area contributed by atoms with Crippen molar-refractivity contribution in [1.29, 1.82) is 0 Å². The number of benzene rings is 2. The van der Waals surface area contributed by atoms with Crippen LogP contribution >= 0.6 is 0 Å². The summed E-state index contributed by atoms with van der Waals surface area (Å²) in [5.74, 6) is -0.723. The molecule has 1 aliphatic rings. The Labute approximate surface area is 174 Å². The van der Waals surface area contributed by atoms with Gasteiger partial charge in [-0.2, -0.15) is 0 Å². The Bertz CT molecular complexity index is 988. The fraction of sp³-hybridized carbons (Fsp3) is 0.318. The number of aryl methyl sites for hydroxylation is 1. The monoisotopic (exact) mass is 411 g/mol. The fourth-order valence-corrected chi connectivity index (χ4v) is 3.40. The Hall–Kier alpha value is -3.55. The third-order valence-corrected chi connectivity index (χ3v) is 5.12. The van der Waals surface area contributed by atoms with Crippen LogP contribution in [0.3, 0.4) is 0 Å². The van der Waals surface area contributed by atoms with Gasteiger partial charge in [0.25, 0.3) is 5.91 Å². The number of rotatable bonds is 8. The summed E-state index contributed by atoms with van der Waals surface area (Å²) in [6.45, 7) is 2.03. The number of carbonyl (C=O) groups is 3. The maximum absolute atomic E-state index is 12.8. The molecular formula is C22H23N2O6-. The number of anilines is 1. The molecule has 8 heteroatoms. The standard InChI is InChI=1S/C22H24N2O6/c1-13-4-6-15(22(27)28)11-16(13)23-17-12-20(25)24(21(17)26)9-8-14-5-7-18(29-2)19(10-14)30-3/h4-7,10-11,17,23H,8-9,12H2,1-3H3,(H,27,28)/p-1/t17-/m1/s1. The van der Waals surface area contributed by atoms with Crippen LogP contribution in [0, 0.1) is 6.92 Å². The summed E-state index contributed by atoms with van der Waals surface area (Å²) in [6.07, 6.45) is 0.490. The molecule has 3 rings (SSSR count). The summed E-state index contributed by atoms with van der Waals surface area (Å²) >= 11 is 0. The first-order valence-electron chi connectivity index (χ1n) is 9.47. The van der Waals surface area contributed by atoms with E-state index in [4.69, 9.17) is 9.47 Å². The number of imide groups is 1. The smallest absolute Gasteiger partial charge is 0.252 e. The predicted octanol–water partition coefficient (Wildman–Crippen LogP) is 1.16. The van der Waals surface area contributed by atoms with Crippen LogP contribution in [0.5, 0.6) is 11.5 Å². The first-order chi connectivity index (χ1) is 14.3. The van der Waals surface area contributed by atoms with E-state index in [9.17, 15) is 19.5 Å². The van der Waals surface area contributed by atoms with Crippen LogP contribution in [-0.2, 0) is 16.0 Å². The zero-order valence-corrected chi connectivity index (χ0v) is 17.1. The Morgan fingerprint density at radius 3 is 2.53 bits per heavy atom. The normalized spacial score (nSPS) is 16.0. The molecule has 1 heterocycles. The highest BCUT2D eigenvalue weighted by atomic mass is 16.5. The largest absolute Gasteiger partial charge is 0.545 e. The van der Waals surface area contributed by atoms with Crippen LogP contribution in [-0.4, -0.2) is 49.5 Å². The molecule has 158 valence electrons. The van der Waals surface area contributed by atoms with Crippen molar-refractivity contribution in [3.63, 3.8) is 0 Å². The molecule has 1 atom stereocenters. The van der Waals surface area contributed by atoms with E-state index in [1.807, 2.05) is 12.1 Å². The molecule has 2 aromatic carbocycles. The summed E-state index contributed by atoms with van der Waals surface area (Å²) in [4.78, 5) is 37.5. The molecular weight excluding hydrogens is 388 g/mol. The number of likely N-dealkylation sites (tertiary alicyclic amines) is 1. The van der Waals surface area contributed by atoms with Gasteiger partial charge in [-0.25, -0.2) is 0 Å². The molecule has 0 saturated carbocycles. The minimum Gasteiger partial charge on any atom is -0.545 e. The van der Waals surface area contributed by atoms with Crippen LogP contribution in [0.1, 0.15) is 27.9 Å². The van der Waals surface area contributed by atoms with Gasteiger partial charge in [-0.1, -0.05) is 18.2 Å². The average molecular weight is 411 g/mol. The third kappa shape index (κ3) is 4.37. The summed E-state index contributed by atoms with van der Waals surface area (Å²) in [6, 6.07) is 9.19. The quantitative estimate of drug-likeness (QED) is 0.650. The Morgan fingerprint density at radius 1 is 1.13 bits per heavy atom. The number of carboxylic acids is 1. The molecule has 0 bridgehead atoms. The SMILES string of the molecule is COc1ccc(CCN2C(=O)C[C@@H](Nc3cc(C(=O)[O-])ccc3C)C2=O)cc1OC. The van der Waals surface area contributed by atoms with Crippen molar-refractivity contribution in [2.75, 3.05) is 26.1 Å². The number of carbonyl (C=O) groups excluding carboxylic acids is 3. The van der Waals surface area contributed by atoms with Crippen LogP contribution < -0.4 is 19.9 Å². The van der Waals surface area contributed by atoms with Gasteiger partial charge in [0.1, 0.15) is 6.04 Å². The zero-order valence-electron chi connectivity index (χ0n) is 17.1. The van der Waals surface area contributed by atoms with Gasteiger partial charge in [0.2, 0.25) is 5.91 Å². The molecule has 0 unspecified atom stereocenters.